The minimum Gasteiger partial charge on any atom is -0.380 e. The minimum atomic E-state index is -0.241. The molecule has 2 aromatic rings. The lowest BCUT2D eigenvalue weighted by atomic mass is 9.53. The van der Waals surface area contributed by atoms with Gasteiger partial charge in [0.2, 0.25) is 0 Å². The first-order valence-corrected chi connectivity index (χ1v) is 10.3. The summed E-state index contributed by atoms with van der Waals surface area (Å²) in [6.07, 6.45) is 11.4. The Morgan fingerprint density at radius 2 is 1.56 bits per heavy atom. The van der Waals surface area contributed by atoms with E-state index in [0.717, 1.165) is 29.1 Å². The highest BCUT2D eigenvalue weighted by Gasteiger charge is 2.50. The number of carbonyl (C=O) groups excluding carboxylic acids is 1. The second-order valence-corrected chi connectivity index (χ2v) is 9.12. The van der Waals surface area contributed by atoms with E-state index in [9.17, 15) is 4.79 Å². The minimum absolute atomic E-state index is 0.241. The molecule has 4 aliphatic rings. The molecule has 4 bridgehead atoms. The number of nitrogens with one attached hydrogen (secondary N) is 2. The van der Waals surface area contributed by atoms with E-state index in [2.05, 4.69) is 27.8 Å². The van der Waals surface area contributed by atoms with E-state index in [1.54, 1.807) is 12.3 Å². The van der Waals surface area contributed by atoms with Gasteiger partial charge in [-0.15, -0.1) is 0 Å². The molecule has 0 unspecified atom stereocenters. The Kier molecular flexibility index (Phi) is 4.12. The fourth-order valence-corrected chi connectivity index (χ4v) is 6.14. The Labute approximate surface area is 164 Å². The Morgan fingerprint density at radius 3 is 2.15 bits per heavy atom. The van der Waals surface area contributed by atoms with Gasteiger partial charge in [-0.2, -0.15) is 0 Å². The van der Waals surface area contributed by atoms with Crippen LogP contribution in [0, 0.1) is 17.8 Å². The molecule has 1 amide bonds. The maximum atomic E-state index is 12.4. The number of hydrogen-bond acceptors (Lipinski definition) is 3. The van der Waals surface area contributed by atoms with Gasteiger partial charge in [0.1, 0.15) is 0 Å². The van der Waals surface area contributed by atoms with Crippen LogP contribution in [-0.4, -0.2) is 16.4 Å². The van der Waals surface area contributed by atoms with Gasteiger partial charge in [-0.25, -0.2) is 0 Å². The standard InChI is InChI=1S/C22H24ClN3O/c23-20-5-6-24-13-19(20)21(27)25-17-1-3-18(4-2-17)26-22-10-14-7-15(11-22)9-16(8-14)12-22/h1-6,13-16,26H,7-12H2,(H,25,27). The predicted molar refractivity (Wildman–Crippen MR) is 108 cm³/mol. The number of anilines is 2. The Hall–Kier alpha value is -2.07. The summed E-state index contributed by atoms with van der Waals surface area (Å²) in [6, 6.07) is 9.66. The molecular formula is C22H24ClN3O. The van der Waals surface area contributed by atoms with Crippen LogP contribution in [0.4, 0.5) is 11.4 Å². The molecule has 0 atom stereocenters. The first kappa shape index (κ1) is 17.1. The zero-order valence-corrected chi connectivity index (χ0v) is 16.0. The average molecular weight is 382 g/mol. The number of amides is 1. The second-order valence-electron chi connectivity index (χ2n) is 8.71. The van der Waals surface area contributed by atoms with Gasteiger partial charge in [0, 0.05) is 29.3 Å². The molecule has 0 aliphatic heterocycles. The van der Waals surface area contributed by atoms with Crippen molar-refractivity contribution in [3.05, 3.63) is 53.3 Å². The van der Waals surface area contributed by atoms with Crippen molar-refractivity contribution in [3.8, 4) is 0 Å². The van der Waals surface area contributed by atoms with Gasteiger partial charge < -0.3 is 10.6 Å². The number of hydrogen-bond donors (Lipinski definition) is 2. The molecule has 140 valence electrons. The number of aromatic nitrogens is 1. The smallest absolute Gasteiger partial charge is 0.258 e. The number of halogens is 1. The van der Waals surface area contributed by atoms with E-state index in [0.29, 0.717) is 16.1 Å². The molecule has 1 aromatic heterocycles. The van der Waals surface area contributed by atoms with Gasteiger partial charge in [0.25, 0.3) is 5.91 Å². The first-order valence-electron chi connectivity index (χ1n) is 9.88. The molecule has 2 N–H and O–H groups in total. The Morgan fingerprint density at radius 1 is 0.963 bits per heavy atom. The van der Waals surface area contributed by atoms with E-state index in [1.807, 2.05) is 12.1 Å². The number of nitrogens with zero attached hydrogens (tertiary/aromatic N) is 1. The van der Waals surface area contributed by atoms with Crippen molar-refractivity contribution in [2.45, 2.75) is 44.1 Å². The Balaban J connectivity index is 1.27. The maximum absolute atomic E-state index is 12.4. The summed E-state index contributed by atoms with van der Waals surface area (Å²) in [5.74, 6) is 2.53. The van der Waals surface area contributed by atoms with E-state index in [-0.39, 0.29) is 5.91 Å². The lowest BCUT2D eigenvalue weighted by Gasteiger charge is -2.57. The first-order chi connectivity index (χ1) is 13.1. The summed E-state index contributed by atoms with van der Waals surface area (Å²) < 4.78 is 0. The van der Waals surface area contributed by atoms with Crippen LogP contribution in [0.1, 0.15) is 48.9 Å². The highest BCUT2D eigenvalue weighted by atomic mass is 35.5. The van der Waals surface area contributed by atoms with Crippen molar-refractivity contribution in [1.29, 1.82) is 0 Å². The molecule has 4 fully saturated rings. The molecule has 4 saturated carbocycles. The topological polar surface area (TPSA) is 54.0 Å². The van der Waals surface area contributed by atoms with E-state index < -0.39 is 0 Å². The fraction of sp³-hybridized carbons (Fsp3) is 0.455. The molecule has 6 rings (SSSR count). The van der Waals surface area contributed by atoms with E-state index >= 15 is 0 Å². The molecule has 1 heterocycles. The molecule has 0 radical (unpaired) electrons. The van der Waals surface area contributed by atoms with Crippen LogP contribution in [-0.2, 0) is 0 Å². The molecule has 4 aliphatic carbocycles. The number of carbonyl (C=O) groups is 1. The normalized spacial score (nSPS) is 30.9. The molecule has 0 spiro atoms. The number of rotatable bonds is 4. The lowest BCUT2D eigenvalue weighted by molar-refractivity contribution is 0.0107. The van der Waals surface area contributed by atoms with Crippen molar-refractivity contribution in [1.82, 2.24) is 4.98 Å². The summed E-state index contributed by atoms with van der Waals surface area (Å²) in [5, 5.41) is 7.16. The van der Waals surface area contributed by atoms with Crippen molar-refractivity contribution < 1.29 is 4.79 Å². The van der Waals surface area contributed by atoms with Gasteiger partial charge in [-0.3, -0.25) is 9.78 Å². The largest absolute Gasteiger partial charge is 0.380 e. The highest BCUT2D eigenvalue weighted by molar-refractivity contribution is 6.34. The quantitative estimate of drug-likeness (QED) is 0.748. The van der Waals surface area contributed by atoms with Crippen molar-refractivity contribution in [2.24, 2.45) is 17.8 Å². The summed E-state index contributed by atoms with van der Waals surface area (Å²) in [7, 11) is 0. The van der Waals surface area contributed by atoms with Gasteiger partial charge >= 0.3 is 0 Å². The third-order valence-corrected chi connectivity index (χ3v) is 6.93. The van der Waals surface area contributed by atoms with Gasteiger partial charge in [0.05, 0.1) is 10.6 Å². The SMILES string of the molecule is O=C(Nc1ccc(NC23CC4CC(CC(C4)C2)C3)cc1)c1cnccc1Cl. The number of pyridine rings is 1. The van der Waals surface area contributed by atoms with Crippen LogP contribution >= 0.6 is 11.6 Å². The third kappa shape index (κ3) is 3.31. The van der Waals surface area contributed by atoms with Crippen molar-refractivity contribution in [2.75, 3.05) is 10.6 Å². The second kappa shape index (κ2) is 6.52. The van der Waals surface area contributed by atoms with Crippen molar-refractivity contribution >= 4 is 28.9 Å². The summed E-state index contributed by atoms with van der Waals surface area (Å²) >= 11 is 6.07. The van der Waals surface area contributed by atoms with Gasteiger partial charge in [0.15, 0.2) is 0 Å². The molecule has 1 aromatic carbocycles. The molecule has 5 heteroatoms. The zero-order valence-electron chi connectivity index (χ0n) is 15.2. The highest BCUT2D eigenvalue weighted by Crippen LogP contribution is 2.56. The van der Waals surface area contributed by atoms with Crippen LogP contribution in [0.2, 0.25) is 5.02 Å². The zero-order chi connectivity index (χ0) is 18.4. The van der Waals surface area contributed by atoms with Crippen LogP contribution < -0.4 is 10.6 Å². The fourth-order valence-electron chi connectivity index (χ4n) is 5.95. The molecule has 0 saturated heterocycles. The van der Waals surface area contributed by atoms with Crippen LogP contribution in [0.5, 0.6) is 0 Å². The summed E-state index contributed by atoms with van der Waals surface area (Å²) in [6.45, 7) is 0. The van der Waals surface area contributed by atoms with E-state index in [1.165, 1.54) is 44.7 Å². The predicted octanol–water partition coefficient (Wildman–Crippen LogP) is 5.37. The van der Waals surface area contributed by atoms with Crippen molar-refractivity contribution in [3.63, 3.8) is 0 Å². The summed E-state index contributed by atoms with van der Waals surface area (Å²) in [4.78, 5) is 16.3. The maximum Gasteiger partial charge on any atom is 0.258 e. The molecule has 4 nitrogen and oxygen atoms in total. The van der Waals surface area contributed by atoms with Crippen LogP contribution in [0.3, 0.4) is 0 Å². The molecule has 27 heavy (non-hydrogen) atoms. The van der Waals surface area contributed by atoms with Gasteiger partial charge in [-0.1, -0.05) is 11.6 Å². The Bertz CT molecular complexity index is 829. The van der Waals surface area contributed by atoms with E-state index in [4.69, 9.17) is 11.6 Å². The monoisotopic (exact) mass is 381 g/mol. The van der Waals surface area contributed by atoms with Gasteiger partial charge in [-0.05, 0) is 86.6 Å². The third-order valence-electron chi connectivity index (χ3n) is 6.60. The van der Waals surface area contributed by atoms with Crippen LogP contribution in [0.15, 0.2) is 42.7 Å². The molecular weight excluding hydrogens is 358 g/mol. The lowest BCUT2D eigenvalue weighted by Crippen LogP contribution is -2.54. The van der Waals surface area contributed by atoms with Crippen LogP contribution in [0.25, 0.3) is 0 Å². The average Bonchev–Trinajstić information content (AvgIpc) is 2.62. The summed E-state index contributed by atoms with van der Waals surface area (Å²) in [5.41, 5.74) is 2.59. The number of benzene rings is 1.